The summed E-state index contributed by atoms with van der Waals surface area (Å²) in [5.41, 5.74) is 8.77. The van der Waals surface area contributed by atoms with Gasteiger partial charge in [-0.2, -0.15) is 5.10 Å². The first-order valence-corrected chi connectivity index (χ1v) is 14.2. The fourth-order valence-electron chi connectivity index (χ4n) is 5.39. The third kappa shape index (κ3) is 4.86. The minimum atomic E-state index is 0.538. The van der Waals surface area contributed by atoms with Crippen molar-refractivity contribution in [2.24, 2.45) is 5.92 Å². The van der Waals surface area contributed by atoms with Crippen LogP contribution in [0.5, 0.6) is 0 Å². The number of allylic oxidation sites excluding steroid dienone is 5. The first kappa shape index (κ1) is 25.1. The summed E-state index contributed by atoms with van der Waals surface area (Å²) in [6.45, 7) is 12.5. The van der Waals surface area contributed by atoms with E-state index in [1.54, 1.807) is 11.3 Å². The van der Waals surface area contributed by atoms with Gasteiger partial charge in [-0.3, -0.25) is 10.1 Å². The highest BCUT2D eigenvalue weighted by Gasteiger charge is 2.19. The van der Waals surface area contributed by atoms with E-state index in [1.807, 2.05) is 18.5 Å². The van der Waals surface area contributed by atoms with Crippen molar-refractivity contribution in [3.05, 3.63) is 95.9 Å². The van der Waals surface area contributed by atoms with Gasteiger partial charge >= 0.3 is 0 Å². The monoisotopic (exact) mass is 532 g/mol. The summed E-state index contributed by atoms with van der Waals surface area (Å²) < 4.78 is 0. The normalized spacial score (nSPS) is 14.9. The van der Waals surface area contributed by atoms with Crippen LogP contribution in [-0.4, -0.2) is 25.1 Å². The molecule has 1 fully saturated rings. The van der Waals surface area contributed by atoms with Crippen molar-refractivity contribution in [2.45, 2.75) is 39.5 Å². The van der Waals surface area contributed by atoms with Crippen molar-refractivity contribution in [1.82, 2.24) is 30.5 Å². The molecule has 196 valence electrons. The van der Waals surface area contributed by atoms with Gasteiger partial charge in [-0.25, -0.2) is 4.98 Å². The Morgan fingerprint density at radius 2 is 1.97 bits per heavy atom. The quantitative estimate of drug-likeness (QED) is 0.176. The molecule has 7 heteroatoms. The molecular weight excluding hydrogens is 500 g/mol. The lowest BCUT2D eigenvalue weighted by molar-refractivity contribution is 0.607. The predicted octanol–water partition coefficient (Wildman–Crippen LogP) is 8.30. The summed E-state index contributed by atoms with van der Waals surface area (Å²) in [5, 5.41) is 12.3. The number of hydrogen-bond acceptors (Lipinski definition) is 5. The molecule has 1 aliphatic carbocycles. The van der Waals surface area contributed by atoms with Gasteiger partial charge < -0.3 is 10.3 Å². The van der Waals surface area contributed by atoms with E-state index in [-0.39, 0.29) is 0 Å². The Balaban J connectivity index is 1.35. The zero-order valence-corrected chi connectivity index (χ0v) is 23.2. The number of aromatic amines is 2. The van der Waals surface area contributed by atoms with Crippen LogP contribution in [0.2, 0.25) is 0 Å². The van der Waals surface area contributed by atoms with Crippen LogP contribution in [0.15, 0.2) is 85.5 Å². The number of rotatable bonds is 8. The first-order chi connectivity index (χ1) is 19.0. The van der Waals surface area contributed by atoms with E-state index in [1.165, 1.54) is 30.6 Å². The Morgan fingerprint density at radius 1 is 1.13 bits per heavy atom. The molecule has 4 heterocycles. The van der Waals surface area contributed by atoms with Gasteiger partial charge in [0.25, 0.3) is 0 Å². The number of pyridine rings is 1. The van der Waals surface area contributed by atoms with Crippen LogP contribution in [0.4, 0.5) is 0 Å². The number of H-pyrrole nitrogens is 2. The average molecular weight is 533 g/mol. The lowest BCUT2D eigenvalue weighted by Gasteiger charge is -2.17. The number of nitrogens with one attached hydrogen (secondary N) is 3. The second-order valence-electron chi connectivity index (χ2n) is 10.1. The summed E-state index contributed by atoms with van der Waals surface area (Å²) in [6.07, 6.45) is 14.8. The fourth-order valence-corrected chi connectivity index (χ4v) is 6.27. The molecule has 6 nitrogen and oxygen atoms in total. The molecule has 6 rings (SSSR count). The largest absolute Gasteiger partial charge is 0.359 e. The molecule has 4 aromatic heterocycles. The molecule has 5 aromatic rings. The number of fused-ring (bicyclic) bond motifs is 2. The van der Waals surface area contributed by atoms with E-state index in [2.05, 4.69) is 95.0 Å². The molecule has 39 heavy (non-hydrogen) atoms. The van der Waals surface area contributed by atoms with E-state index in [4.69, 9.17) is 4.98 Å². The van der Waals surface area contributed by atoms with Crippen LogP contribution in [0.1, 0.15) is 43.0 Å². The fraction of sp³-hybridized carbons (Fsp3) is 0.219. The Labute approximate surface area is 232 Å². The number of hydrogen-bond donors (Lipinski definition) is 3. The van der Waals surface area contributed by atoms with Crippen LogP contribution in [0, 0.1) is 12.8 Å². The van der Waals surface area contributed by atoms with E-state index < -0.39 is 0 Å². The Bertz CT molecular complexity index is 1760. The summed E-state index contributed by atoms with van der Waals surface area (Å²) >= 11 is 1.74. The van der Waals surface area contributed by atoms with Gasteiger partial charge in [0, 0.05) is 38.3 Å². The SMILES string of the molecule is C=C/C(=C\C(=C/C)c1ccc2[nH]nc(-c3nc4c(-c5ccc(C)s5)cncc4[nH]3)c2c1)NC(=C)C1CCCC1. The molecule has 0 atom stereocenters. The zero-order chi connectivity index (χ0) is 26.9. The van der Waals surface area contributed by atoms with Crippen molar-refractivity contribution in [1.29, 1.82) is 0 Å². The van der Waals surface area contributed by atoms with E-state index >= 15 is 0 Å². The zero-order valence-electron chi connectivity index (χ0n) is 22.3. The van der Waals surface area contributed by atoms with Crippen LogP contribution >= 0.6 is 11.3 Å². The molecule has 0 saturated heterocycles. The van der Waals surface area contributed by atoms with Crippen LogP contribution in [-0.2, 0) is 0 Å². The summed E-state index contributed by atoms with van der Waals surface area (Å²) in [4.78, 5) is 15.3. The third-order valence-corrected chi connectivity index (χ3v) is 8.55. The molecule has 1 saturated carbocycles. The molecule has 0 aliphatic heterocycles. The Kier molecular flexibility index (Phi) is 6.75. The lowest BCUT2D eigenvalue weighted by Crippen LogP contribution is -2.16. The maximum Gasteiger partial charge on any atom is 0.159 e. The van der Waals surface area contributed by atoms with E-state index in [9.17, 15) is 0 Å². The third-order valence-electron chi connectivity index (χ3n) is 7.52. The topological polar surface area (TPSA) is 82.3 Å². The van der Waals surface area contributed by atoms with Crippen molar-refractivity contribution < 1.29 is 0 Å². The van der Waals surface area contributed by atoms with Crippen LogP contribution < -0.4 is 5.32 Å². The standard InChI is InChI=1S/C32H32N6S/c1-5-21(15-24(6-2)34-20(4)22-9-7-8-10-22)23-12-13-27-25(16-23)31(38-37-27)32-35-28-18-33-17-26(30(28)36-32)29-14-11-19(3)39-29/h5-6,11-18,22,34H,2,4,7-10H2,1,3H3,(H,35,36)(H,37,38)/b21-5+,24-15+. The molecule has 3 N–H and O–H groups in total. The minimum Gasteiger partial charge on any atom is -0.359 e. The molecule has 0 unspecified atom stereocenters. The smallest absolute Gasteiger partial charge is 0.159 e. The van der Waals surface area contributed by atoms with Gasteiger partial charge in [-0.05, 0) is 80.2 Å². The first-order valence-electron chi connectivity index (χ1n) is 13.4. The van der Waals surface area contributed by atoms with Crippen molar-refractivity contribution in [3.63, 3.8) is 0 Å². The highest BCUT2D eigenvalue weighted by Crippen LogP contribution is 2.35. The molecule has 0 spiro atoms. The summed E-state index contributed by atoms with van der Waals surface area (Å²) in [7, 11) is 0. The maximum absolute atomic E-state index is 4.99. The molecule has 1 aliphatic rings. The molecule has 0 amide bonds. The maximum atomic E-state index is 4.99. The second-order valence-corrected chi connectivity index (χ2v) is 11.4. The summed E-state index contributed by atoms with van der Waals surface area (Å²) in [5.74, 6) is 1.26. The van der Waals surface area contributed by atoms with E-state index in [0.717, 1.165) is 66.4 Å². The van der Waals surface area contributed by atoms with Gasteiger partial charge in [-0.1, -0.05) is 38.1 Å². The van der Waals surface area contributed by atoms with Gasteiger partial charge in [0.05, 0.1) is 17.2 Å². The number of nitrogens with zero attached hydrogens (tertiary/aromatic N) is 3. The van der Waals surface area contributed by atoms with Crippen molar-refractivity contribution >= 4 is 38.8 Å². The second kappa shape index (κ2) is 10.5. The molecule has 0 radical (unpaired) electrons. The highest BCUT2D eigenvalue weighted by molar-refractivity contribution is 7.15. The number of benzene rings is 1. The van der Waals surface area contributed by atoms with Gasteiger partial charge in [0.2, 0.25) is 0 Å². The minimum absolute atomic E-state index is 0.538. The van der Waals surface area contributed by atoms with Gasteiger partial charge in [0.15, 0.2) is 5.82 Å². The lowest BCUT2D eigenvalue weighted by atomic mass is 10.0. The number of aromatic nitrogens is 5. The van der Waals surface area contributed by atoms with Crippen molar-refractivity contribution in [2.75, 3.05) is 0 Å². The van der Waals surface area contributed by atoms with E-state index in [0.29, 0.717) is 5.92 Å². The van der Waals surface area contributed by atoms with Gasteiger partial charge in [-0.15, -0.1) is 11.3 Å². The van der Waals surface area contributed by atoms with Crippen LogP contribution in [0.3, 0.4) is 0 Å². The van der Waals surface area contributed by atoms with Crippen molar-refractivity contribution in [3.8, 4) is 22.0 Å². The summed E-state index contributed by atoms with van der Waals surface area (Å²) in [6, 6.07) is 10.6. The number of thiophene rings is 1. The Hall–Kier alpha value is -4.23. The molecular formula is C32H32N6S. The number of aryl methyl sites for hydroxylation is 1. The van der Waals surface area contributed by atoms with Gasteiger partial charge in [0.1, 0.15) is 11.2 Å². The van der Waals surface area contributed by atoms with Crippen LogP contribution in [0.25, 0.3) is 49.5 Å². The average Bonchev–Trinajstić information content (AvgIpc) is 3.76. The predicted molar refractivity (Wildman–Crippen MR) is 163 cm³/mol. The molecule has 0 bridgehead atoms. The number of imidazole rings is 1. The highest BCUT2D eigenvalue weighted by atomic mass is 32.1. The Morgan fingerprint density at radius 3 is 2.72 bits per heavy atom. The molecule has 1 aromatic carbocycles.